The molecule has 0 bridgehead atoms. The number of benzene rings is 2. The predicted molar refractivity (Wildman–Crippen MR) is 154 cm³/mol. The molecule has 2 aliphatic heterocycles. The number of carbonyl (C=O) groups excluding carboxylic acids is 1. The van der Waals surface area contributed by atoms with Crippen molar-refractivity contribution in [2.24, 2.45) is 5.92 Å². The molecule has 2 fully saturated rings. The van der Waals surface area contributed by atoms with Gasteiger partial charge in [-0.1, -0.05) is 18.9 Å². The summed E-state index contributed by atoms with van der Waals surface area (Å²) in [6, 6.07) is 8.55. The Kier molecular flexibility index (Phi) is 6.92. The van der Waals surface area contributed by atoms with Crippen molar-refractivity contribution >= 4 is 11.7 Å². The van der Waals surface area contributed by atoms with Crippen LogP contribution in [0.4, 0.5) is 4.39 Å². The zero-order valence-corrected chi connectivity index (χ0v) is 24.3. The van der Waals surface area contributed by atoms with Crippen molar-refractivity contribution in [2.45, 2.75) is 76.9 Å². The van der Waals surface area contributed by atoms with Crippen LogP contribution in [0, 0.1) is 25.6 Å². The average Bonchev–Trinajstić information content (AvgIpc) is 3.68. The van der Waals surface area contributed by atoms with Crippen LogP contribution in [0.1, 0.15) is 85.1 Å². The largest absolute Gasteiger partial charge is 0.487 e. The number of aliphatic hydroxyl groups is 1. The number of aryl methyl sites for hydroxylation is 2. The van der Waals surface area contributed by atoms with Crippen LogP contribution in [-0.4, -0.2) is 45.6 Å². The first-order valence-electron chi connectivity index (χ1n) is 14.5. The number of likely N-dealkylation sites (N-methyl/N-ethyl adjacent to an activating group) is 1. The van der Waals surface area contributed by atoms with Crippen molar-refractivity contribution in [3.63, 3.8) is 0 Å². The molecule has 3 aliphatic rings. The van der Waals surface area contributed by atoms with Gasteiger partial charge < -0.3 is 24.5 Å². The molecular weight excluding hydrogens is 521 g/mol. The van der Waals surface area contributed by atoms with Gasteiger partial charge in [-0.25, -0.2) is 9.37 Å². The molecule has 2 aromatic carbocycles. The quantitative estimate of drug-likeness (QED) is 0.362. The van der Waals surface area contributed by atoms with Crippen molar-refractivity contribution in [3.05, 3.63) is 82.2 Å². The lowest BCUT2D eigenvalue weighted by molar-refractivity contribution is -0.139. The molecule has 2 N–H and O–H groups in total. The van der Waals surface area contributed by atoms with Crippen LogP contribution in [0.3, 0.4) is 0 Å². The summed E-state index contributed by atoms with van der Waals surface area (Å²) in [4.78, 5) is 23.2. The third-order valence-corrected chi connectivity index (χ3v) is 8.83. The van der Waals surface area contributed by atoms with E-state index in [0.717, 1.165) is 35.5 Å². The maximum atomic E-state index is 14.0. The standard InChI is InChI=1S/C33H38FN3O4/c1-18-12-22(34)13-19(2)29(18)40-27-11-10-21(33(3,4)39)14-23(27)25-17-37(5)32(38)24-15-28(41-30(24)25)26-16-35-31(36-26)20-8-6-7-9-20/h10-16,20,24-25,30,39H,6-9,17H2,1-5H3,(H,35,36). The lowest BCUT2D eigenvalue weighted by Gasteiger charge is -2.38. The topological polar surface area (TPSA) is 87.7 Å². The molecule has 216 valence electrons. The Morgan fingerprint density at radius 3 is 2.54 bits per heavy atom. The van der Waals surface area contributed by atoms with Crippen molar-refractivity contribution in [1.82, 2.24) is 14.9 Å². The number of rotatable bonds is 6. The first-order chi connectivity index (χ1) is 19.5. The summed E-state index contributed by atoms with van der Waals surface area (Å²) >= 11 is 0. The van der Waals surface area contributed by atoms with E-state index in [1.807, 2.05) is 44.3 Å². The maximum absolute atomic E-state index is 14.0. The molecule has 6 rings (SSSR count). The van der Waals surface area contributed by atoms with Gasteiger partial charge in [0.05, 0.1) is 17.7 Å². The number of ether oxygens (including phenoxy) is 2. The lowest BCUT2D eigenvalue weighted by Crippen LogP contribution is -2.49. The zero-order valence-electron chi connectivity index (χ0n) is 24.3. The molecule has 1 aromatic heterocycles. The Hall–Kier alpha value is -3.65. The number of imidazole rings is 1. The highest BCUT2D eigenvalue weighted by Gasteiger charge is 2.48. The number of likely N-dealkylation sites (tertiary alicyclic amines) is 1. The summed E-state index contributed by atoms with van der Waals surface area (Å²) in [5.41, 5.74) is 2.63. The van der Waals surface area contributed by atoms with Gasteiger partial charge in [0, 0.05) is 31.0 Å². The Morgan fingerprint density at radius 1 is 1.15 bits per heavy atom. The van der Waals surface area contributed by atoms with E-state index in [0.29, 0.717) is 40.8 Å². The number of hydrogen-bond donors (Lipinski definition) is 2. The van der Waals surface area contributed by atoms with Crippen molar-refractivity contribution in [2.75, 3.05) is 13.6 Å². The van der Waals surface area contributed by atoms with Crippen LogP contribution >= 0.6 is 0 Å². The molecule has 1 saturated heterocycles. The van der Waals surface area contributed by atoms with Gasteiger partial charge in [-0.2, -0.15) is 0 Å². The molecule has 0 radical (unpaired) electrons. The Balaban J connectivity index is 1.38. The second-order valence-corrected chi connectivity index (χ2v) is 12.4. The van der Waals surface area contributed by atoms with Crippen LogP contribution in [0.15, 0.2) is 42.6 Å². The maximum Gasteiger partial charge on any atom is 0.233 e. The number of aromatic amines is 1. The lowest BCUT2D eigenvalue weighted by atomic mass is 9.80. The number of halogens is 1. The smallest absolute Gasteiger partial charge is 0.233 e. The second-order valence-electron chi connectivity index (χ2n) is 12.4. The van der Waals surface area contributed by atoms with Crippen LogP contribution in [0.5, 0.6) is 11.5 Å². The number of H-pyrrole nitrogens is 1. The van der Waals surface area contributed by atoms with Crippen molar-refractivity contribution < 1.29 is 23.8 Å². The predicted octanol–water partition coefficient (Wildman–Crippen LogP) is 6.45. The molecule has 3 heterocycles. The van der Waals surface area contributed by atoms with E-state index in [1.54, 1.807) is 25.8 Å². The number of fused-ring (bicyclic) bond motifs is 1. The van der Waals surface area contributed by atoms with Gasteiger partial charge in [-0.15, -0.1) is 0 Å². The summed E-state index contributed by atoms with van der Waals surface area (Å²) in [6.07, 6.45) is 7.98. The van der Waals surface area contributed by atoms with Gasteiger partial charge >= 0.3 is 0 Å². The molecule has 0 spiro atoms. The molecular formula is C33H38FN3O4. The monoisotopic (exact) mass is 559 g/mol. The summed E-state index contributed by atoms with van der Waals surface area (Å²) in [5, 5.41) is 10.9. The fraction of sp³-hybridized carbons (Fsp3) is 0.455. The van der Waals surface area contributed by atoms with Crippen LogP contribution in [0.25, 0.3) is 5.76 Å². The Labute approximate surface area is 240 Å². The number of carbonyl (C=O) groups is 1. The number of piperidine rings is 1. The Morgan fingerprint density at radius 2 is 1.85 bits per heavy atom. The summed E-state index contributed by atoms with van der Waals surface area (Å²) in [5.74, 6) is 2.21. The molecule has 8 heteroatoms. The van der Waals surface area contributed by atoms with Crippen molar-refractivity contribution in [1.29, 1.82) is 0 Å². The molecule has 1 aliphatic carbocycles. The van der Waals surface area contributed by atoms with Crippen LogP contribution in [0.2, 0.25) is 0 Å². The van der Waals surface area contributed by atoms with Gasteiger partial charge in [0.15, 0.2) is 0 Å². The third kappa shape index (κ3) is 5.14. The fourth-order valence-electron chi connectivity index (χ4n) is 6.58. The number of aromatic nitrogens is 2. The average molecular weight is 560 g/mol. The summed E-state index contributed by atoms with van der Waals surface area (Å²) in [7, 11) is 1.81. The third-order valence-electron chi connectivity index (χ3n) is 8.83. The number of nitrogens with one attached hydrogen (secondary N) is 1. The molecule has 3 aromatic rings. The van der Waals surface area contributed by atoms with Gasteiger partial charge in [-0.3, -0.25) is 4.79 Å². The van der Waals surface area contributed by atoms with E-state index in [4.69, 9.17) is 9.47 Å². The van der Waals surface area contributed by atoms with E-state index in [2.05, 4.69) is 9.97 Å². The minimum absolute atomic E-state index is 0.00289. The molecule has 1 saturated carbocycles. The van der Waals surface area contributed by atoms with E-state index < -0.39 is 17.6 Å². The van der Waals surface area contributed by atoms with Gasteiger partial charge in [-0.05, 0) is 87.6 Å². The second kappa shape index (κ2) is 10.3. The number of nitrogens with zero attached hydrogens (tertiary/aromatic N) is 2. The SMILES string of the molecule is Cc1cc(F)cc(C)c1Oc1ccc(C(C)(C)O)cc1C1CN(C)C(=O)C2C=C(c3cnc(C4CCCC4)[nH]3)OC21. The highest BCUT2D eigenvalue weighted by molar-refractivity contribution is 5.85. The van der Waals surface area contributed by atoms with E-state index in [9.17, 15) is 14.3 Å². The highest BCUT2D eigenvalue weighted by Crippen LogP contribution is 2.46. The van der Waals surface area contributed by atoms with Gasteiger partial charge in [0.1, 0.15) is 40.7 Å². The fourth-order valence-corrected chi connectivity index (χ4v) is 6.58. The van der Waals surface area contributed by atoms with Crippen LogP contribution < -0.4 is 4.74 Å². The molecule has 1 amide bonds. The number of amides is 1. The van der Waals surface area contributed by atoms with E-state index >= 15 is 0 Å². The normalized spacial score (nSPS) is 23.0. The summed E-state index contributed by atoms with van der Waals surface area (Å²) < 4.78 is 27.1. The molecule has 3 atom stereocenters. The zero-order chi connectivity index (χ0) is 29.1. The molecule has 3 unspecified atom stereocenters. The molecule has 41 heavy (non-hydrogen) atoms. The Bertz CT molecular complexity index is 1490. The minimum atomic E-state index is -1.09. The van der Waals surface area contributed by atoms with Crippen molar-refractivity contribution in [3.8, 4) is 11.5 Å². The van der Waals surface area contributed by atoms with E-state index in [-0.39, 0.29) is 17.6 Å². The first-order valence-corrected chi connectivity index (χ1v) is 14.5. The first kappa shape index (κ1) is 27.5. The van der Waals surface area contributed by atoms with E-state index in [1.165, 1.54) is 25.0 Å². The highest BCUT2D eigenvalue weighted by atomic mass is 19.1. The summed E-state index contributed by atoms with van der Waals surface area (Å²) in [6.45, 7) is 7.54. The van der Waals surface area contributed by atoms with Gasteiger partial charge in [0.25, 0.3) is 0 Å². The minimum Gasteiger partial charge on any atom is -0.487 e. The van der Waals surface area contributed by atoms with Crippen LogP contribution in [-0.2, 0) is 15.1 Å². The van der Waals surface area contributed by atoms with Gasteiger partial charge in [0.2, 0.25) is 5.91 Å². The number of hydrogen-bond acceptors (Lipinski definition) is 5. The molecule has 7 nitrogen and oxygen atoms in total.